The molecule has 0 saturated heterocycles. The molecule has 0 fully saturated rings. The number of nitrogens with two attached hydrogens (primary N) is 2. The predicted molar refractivity (Wildman–Crippen MR) is 71.0 cm³/mol. The summed E-state index contributed by atoms with van der Waals surface area (Å²) in [6.07, 6.45) is 0.0784. The molecule has 0 aliphatic rings. The number of hydrogen-bond acceptors (Lipinski definition) is 4. The van der Waals surface area contributed by atoms with Crippen LogP contribution in [0.1, 0.15) is 12.8 Å². The highest BCUT2D eigenvalue weighted by atomic mass is 35.5. The number of amidine groups is 1. The number of hydrogen-bond donors (Lipinski definition) is 3. The highest BCUT2D eigenvalue weighted by molar-refractivity contribution is 5.85. The van der Waals surface area contributed by atoms with Gasteiger partial charge in [-0.05, 0) is 6.42 Å². The quantitative estimate of drug-likeness (QED) is 0.350. The summed E-state index contributed by atoms with van der Waals surface area (Å²) in [5.41, 5.74) is 10.5. The number of carbonyl (C=O) groups is 1. The molecule has 0 aromatic carbocycles. The molecule has 0 radical (unpaired) electrons. The Kier molecular flexibility index (Phi) is 15.1. The second kappa shape index (κ2) is 12.3. The van der Waals surface area contributed by atoms with E-state index in [1.54, 1.807) is 5.94 Å². The number of carbonyl (C=O) groups excluding carboxylic acids is 1. The Labute approximate surface area is 116 Å². The van der Waals surface area contributed by atoms with Gasteiger partial charge in [0.25, 0.3) is 0 Å². The van der Waals surface area contributed by atoms with Gasteiger partial charge in [0.1, 0.15) is 24.5 Å². The number of aliphatic imine (C=N–C) groups is 1. The van der Waals surface area contributed by atoms with Crippen LogP contribution in [0, 0.1) is 0 Å². The molecule has 0 rings (SSSR count). The van der Waals surface area contributed by atoms with E-state index >= 15 is 0 Å². The van der Waals surface area contributed by atoms with Gasteiger partial charge in [0, 0.05) is 18.5 Å². The Balaban J connectivity index is -0.00000112. The molecule has 0 spiro atoms. The van der Waals surface area contributed by atoms with Crippen LogP contribution in [0.2, 0.25) is 0 Å². The molecule has 6 nitrogen and oxygen atoms in total. The van der Waals surface area contributed by atoms with Gasteiger partial charge >= 0.3 is 5.97 Å². The van der Waals surface area contributed by atoms with Gasteiger partial charge in [-0.15, -0.1) is 24.8 Å². The molecular weight excluding hydrogens is 288 g/mol. The Morgan fingerprint density at radius 3 is 2.39 bits per heavy atom. The summed E-state index contributed by atoms with van der Waals surface area (Å²) < 4.78 is 11.9. The fourth-order valence-corrected chi connectivity index (χ4v) is 0.924. The van der Waals surface area contributed by atoms with E-state index in [2.05, 4.69) is 4.99 Å². The fourth-order valence-electron chi connectivity index (χ4n) is 0.924. The van der Waals surface area contributed by atoms with Crippen LogP contribution in [0.25, 0.3) is 0 Å². The van der Waals surface area contributed by atoms with Crippen LogP contribution in [0.3, 0.4) is 0 Å². The third-order valence-corrected chi connectivity index (χ3v) is 1.79. The molecule has 106 valence electrons. The molecule has 0 amide bonds. The molecule has 0 saturated carbocycles. The standard InChI is InChI=1S/C9H14FN3O3.2ClH/c10-4-8(12)13-2-1-6(5-14)3-7(11)9(15)16;;/h7H,1-4,11H2,(H2,12,13)(H,15,16);2*1H. The second-order valence-electron chi connectivity index (χ2n) is 3.11. The van der Waals surface area contributed by atoms with E-state index in [4.69, 9.17) is 16.6 Å². The maximum absolute atomic E-state index is 11.9. The van der Waals surface area contributed by atoms with Gasteiger partial charge in [0.2, 0.25) is 0 Å². The topological polar surface area (TPSA) is 119 Å². The maximum atomic E-state index is 11.9. The lowest BCUT2D eigenvalue weighted by molar-refractivity contribution is -0.138. The Hall–Kier alpha value is -1.14. The first-order valence-corrected chi connectivity index (χ1v) is 4.57. The first-order valence-electron chi connectivity index (χ1n) is 4.57. The van der Waals surface area contributed by atoms with Gasteiger partial charge < -0.3 is 16.6 Å². The van der Waals surface area contributed by atoms with Crippen molar-refractivity contribution in [2.45, 2.75) is 18.9 Å². The van der Waals surface area contributed by atoms with Crippen molar-refractivity contribution in [1.82, 2.24) is 0 Å². The highest BCUT2D eigenvalue weighted by Gasteiger charge is 2.14. The van der Waals surface area contributed by atoms with Crippen LogP contribution in [0.5, 0.6) is 0 Å². The van der Waals surface area contributed by atoms with E-state index in [0.717, 1.165) is 0 Å². The summed E-state index contributed by atoms with van der Waals surface area (Å²) in [5.74, 6) is 0.245. The summed E-state index contributed by atoms with van der Waals surface area (Å²) >= 11 is 0. The summed E-state index contributed by atoms with van der Waals surface area (Å²) in [6, 6.07) is -1.14. The van der Waals surface area contributed by atoms with Crippen LogP contribution in [-0.2, 0) is 9.59 Å². The van der Waals surface area contributed by atoms with Crippen LogP contribution in [0.4, 0.5) is 4.39 Å². The largest absolute Gasteiger partial charge is 0.480 e. The lowest BCUT2D eigenvalue weighted by Crippen LogP contribution is -2.30. The molecule has 9 heteroatoms. The van der Waals surface area contributed by atoms with E-state index in [9.17, 15) is 14.0 Å². The first-order chi connectivity index (χ1) is 7.51. The number of carboxylic acid groups (broad SMARTS) is 1. The second-order valence-corrected chi connectivity index (χ2v) is 3.11. The lowest BCUT2D eigenvalue weighted by atomic mass is 10.1. The molecule has 5 N–H and O–H groups in total. The van der Waals surface area contributed by atoms with Crippen LogP contribution in [-0.4, -0.2) is 42.1 Å². The van der Waals surface area contributed by atoms with Gasteiger partial charge in [0.15, 0.2) is 0 Å². The van der Waals surface area contributed by atoms with Gasteiger partial charge in [-0.2, -0.15) is 0 Å². The van der Waals surface area contributed by atoms with Gasteiger partial charge in [-0.3, -0.25) is 9.79 Å². The zero-order valence-corrected chi connectivity index (χ0v) is 11.1. The average Bonchev–Trinajstić information content (AvgIpc) is 2.26. The van der Waals surface area contributed by atoms with E-state index in [-0.39, 0.29) is 55.6 Å². The molecule has 0 heterocycles. The summed E-state index contributed by atoms with van der Waals surface area (Å²) in [6.45, 7) is -0.735. The molecule has 0 aliphatic carbocycles. The van der Waals surface area contributed by atoms with E-state index in [1.807, 2.05) is 0 Å². The number of alkyl halides is 1. The van der Waals surface area contributed by atoms with Crippen molar-refractivity contribution < 1.29 is 19.1 Å². The van der Waals surface area contributed by atoms with Gasteiger partial charge in [-0.1, -0.05) is 0 Å². The van der Waals surface area contributed by atoms with E-state index < -0.39 is 18.7 Å². The maximum Gasteiger partial charge on any atom is 0.320 e. The SMILES string of the molecule is Cl.Cl.NC(CF)=NCCC(=C=O)CC(N)C(=O)O. The average molecular weight is 304 g/mol. The van der Waals surface area contributed by atoms with Gasteiger partial charge in [0.05, 0.1) is 0 Å². The summed E-state index contributed by atoms with van der Waals surface area (Å²) in [7, 11) is 0. The van der Waals surface area contributed by atoms with Crippen molar-refractivity contribution >= 4 is 42.6 Å². The Morgan fingerprint density at radius 1 is 1.44 bits per heavy atom. The minimum Gasteiger partial charge on any atom is -0.480 e. The number of rotatable bonds is 7. The van der Waals surface area contributed by atoms with Crippen molar-refractivity contribution in [3.63, 3.8) is 0 Å². The first kappa shape index (κ1) is 22.1. The smallest absolute Gasteiger partial charge is 0.320 e. The van der Waals surface area contributed by atoms with Crippen molar-refractivity contribution in [3.8, 4) is 0 Å². The van der Waals surface area contributed by atoms with Crippen LogP contribution in [0.15, 0.2) is 10.6 Å². The van der Waals surface area contributed by atoms with Crippen molar-refractivity contribution in [3.05, 3.63) is 5.57 Å². The molecular formula is C9H16Cl2FN3O3. The van der Waals surface area contributed by atoms with Gasteiger partial charge in [-0.25, -0.2) is 9.18 Å². The fraction of sp³-hybridized carbons (Fsp3) is 0.556. The molecule has 1 atom stereocenters. The van der Waals surface area contributed by atoms with Crippen LogP contribution >= 0.6 is 24.8 Å². The normalized spacial score (nSPS) is 11.6. The summed E-state index contributed by atoms with van der Waals surface area (Å²) in [4.78, 5) is 24.5. The summed E-state index contributed by atoms with van der Waals surface area (Å²) in [5, 5.41) is 8.51. The van der Waals surface area contributed by atoms with Crippen molar-refractivity contribution in [2.75, 3.05) is 13.2 Å². The zero-order valence-electron chi connectivity index (χ0n) is 9.47. The number of halogens is 3. The molecule has 18 heavy (non-hydrogen) atoms. The molecule has 0 aromatic rings. The van der Waals surface area contributed by atoms with Crippen molar-refractivity contribution in [1.29, 1.82) is 0 Å². The highest BCUT2D eigenvalue weighted by Crippen LogP contribution is 2.05. The van der Waals surface area contributed by atoms with Crippen LogP contribution < -0.4 is 11.5 Å². The van der Waals surface area contributed by atoms with Crippen molar-refractivity contribution in [2.24, 2.45) is 16.5 Å². The molecule has 0 aromatic heterocycles. The Morgan fingerprint density at radius 2 is 2.00 bits per heavy atom. The Bertz CT molecular complexity index is 333. The number of nitrogens with zero attached hydrogens (tertiary/aromatic N) is 1. The number of aliphatic carboxylic acids is 1. The third-order valence-electron chi connectivity index (χ3n) is 1.79. The van der Waals surface area contributed by atoms with E-state index in [1.165, 1.54) is 0 Å². The van der Waals surface area contributed by atoms with E-state index in [0.29, 0.717) is 0 Å². The lowest BCUT2D eigenvalue weighted by Gasteiger charge is -2.06. The molecule has 0 aliphatic heterocycles. The number of carboxylic acids is 1. The minimum atomic E-state index is -1.19. The predicted octanol–water partition coefficient (Wildman–Crippen LogP) is 0.107. The molecule has 1 unspecified atom stereocenters. The zero-order chi connectivity index (χ0) is 12.6. The monoisotopic (exact) mass is 303 g/mol. The minimum absolute atomic E-state index is 0. The molecule has 0 bridgehead atoms. The third kappa shape index (κ3) is 10.0.